The number of piperidine rings is 1. The van der Waals surface area contributed by atoms with E-state index < -0.39 is 11.8 Å². The van der Waals surface area contributed by atoms with E-state index in [-0.39, 0.29) is 0 Å². The van der Waals surface area contributed by atoms with Crippen LogP contribution in [-0.2, 0) is 21.1 Å². The number of anilines is 1. The standard InChI is InChI=1S/C20H24N4O2S/c1-13-7-9-23(10-8-13)20(26)19(25)21-18-15-11-27-12-16(15)22-24(18)17-6-4-3-5-14(17)2/h3-6,13H,7-12H2,1-2H3,(H,21,25). The SMILES string of the molecule is Cc1ccccc1-n1nc2c(c1NC(=O)C(=O)N1CCC(C)CC1)CSC2. The maximum Gasteiger partial charge on any atom is 0.315 e. The Kier molecular flexibility index (Phi) is 4.95. The fourth-order valence-electron chi connectivity index (χ4n) is 3.63. The second kappa shape index (κ2) is 7.38. The first kappa shape index (κ1) is 18.1. The third-order valence-electron chi connectivity index (χ3n) is 5.39. The van der Waals surface area contributed by atoms with Gasteiger partial charge < -0.3 is 10.2 Å². The number of rotatable bonds is 2. The Morgan fingerprint density at radius 1 is 1.19 bits per heavy atom. The second-order valence-electron chi connectivity index (χ2n) is 7.39. The summed E-state index contributed by atoms with van der Waals surface area (Å²) in [5, 5.41) is 7.59. The summed E-state index contributed by atoms with van der Waals surface area (Å²) in [5.74, 6) is 1.85. The van der Waals surface area contributed by atoms with Crippen molar-refractivity contribution in [3.05, 3.63) is 41.1 Å². The van der Waals surface area contributed by atoms with Crippen LogP contribution in [0.4, 0.5) is 5.82 Å². The number of carbonyl (C=O) groups excluding carboxylic acids is 2. The van der Waals surface area contributed by atoms with Crippen LogP contribution in [0.1, 0.15) is 36.6 Å². The van der Waals surface area contributed by atoms with Crippen LogP contribution in [-0.4, -0.2) is 39.6 Å². The second-order valence-corrected chi connectivity index (χ2v) is 8.38. The molecular formula is C20H24N4O2S. The average molecular weight is 385 g/mol. The van der Waals surface area contributed by atoms with Gasteiger partial charge in [-0.3, -0.25) is 9.59 Å². The molecule has 3 heterocycles. The highest BCUT2D eigenvalue weighted by atomic mass is 32.2. The molecule has 0 aliphatic carbocycles. The Labute approximate surface area is 163 Å². The number of aromatic nitrogens is 2. The lowest BCUT2D eigenvalue weighted by Crippen LogP contribution is -2.44. The quantitative estimate of drug-likeness (QED) is 0.808. The largest absolute Gasteiger partial charge is 0.334 e. The summed E-state index contributed by atoms with van der Waals surface area (Å²) in [7, 11) is 0. The van der Waals surface area contributed by atoms with Crippen molar-refractivity contribution >= 4 is 29.4 Å². The summed E-state index contributed by atoms with van der Waals surface area (Å²) in [5.41, 5.74) is 4.00. The van der Waals surface area contributed by atoms with Gasteiger partial charge in [0, 0.05) is 30.2 Å². The molecule has 6 nitrogen and oxygen atoms in total. The van der Waals surface area contributed by atoms with Gasteiger partial charge in [0.05, 0.1) is 11.4 Å². The van der Waals surface area contributed by atoms with E-state index in [1.54, 1.807) is 21.3 Å². The predicted octanol–water partition coefficient (Wildman–Crippen LogP) is 3.12. The van der Waals surface area contributed by atoms with Gasteiger partial charge in [-0.05, 0) is 37.3 Å². The molecule has 0 unspecified atom stereocenters. The first-order valence-electron chi connectivity index (χ1n) is 9.39. The summed E-state index contributed by atoms with van der Waals surface area (Å²) in [4.78, 5) is 27.0. The number of nitrogens with one attached hydrogen (secondary N) is 1. The number of para-hydroxylation sites is 1. The third kappa shape index (κ3) is 3.48. The van der Waals surface area contributed by atoms with Crippen molar-refractivity contribution in [2.45, 2.75) is 38.2 Å². The van der Waals surface area contributed by atoms with Gasteiger partial charge in [0.1, 0.15) is 5.82 Å². The van der Waals surface area contributed by atoms with Gasteiger partial charge in [-0.1, -0.05) is 25.1 Å². The van der Waals surface area contributed by atoms with Crippen LogP contribution in [0.5, 0.6) is 0 Å². The molecule has 2 amide bonds. The molecule has 1 N–H and O–H groups in total. The number of hydrogen-bond acceptors (Lipinski definition) is 4. The molecule has 4 rings (SSSR count). The first-order chi connectivity index (χ1) is 13.0. The Morgan fingerprint density at radius 2 is 1.93 bits per heavy atom. The zero-order valence-corrected chi connectivity index (χ0v) is 16.5. The topological polar surface area (TPSA) is 67.2 Å². The smallest absolute Gasteiger partial charge is 0.315 e. The summed E-state index contributed by atoms with van der Waals surface area (Å²) < 4.78 is 1.78. The molecule has 0 spiro atoms. The number of aryl methyl sites for hydroxylation is 1. The van der Waals surface area contributed by atoms with E-state index >= 15 is 0 Å². The highest BCUT2D eigenvalue weighted by molar-refractivity contribution is 7.98. The van der Waals surface area contributed by atoms with E-state index in [2.05, 4.69) is 12.2 Å². The van der Waals surface area contributed by atoms with Gasteiger partial charge in [-0.2, -0.15) is 16.9 Å². The van der Waals surface area contributed by atoms with E-state index in [1.807, 2.05) is 31.2 Å². The number of likely N-dealkylation sites (tertiary alicyclic amines) is 1. The molecule has 1 aromatic heterocycles. The van der Waals surface area contributed by atoms with Crippen molar-refractivity contribution < 1.29 is 9.59 Å². The fourth-order valence-corrected chi connectivity index (χ4v) is 4.67. The number of nitrogens with zero attached hydrogens (tertiary/aromatic N) is 3. The van der Waals surface area contributed by atoms with Crippen molar-refractivity contribution in [1.82, 2.24) is 14.7 Å². The molecule has 2 aliphatic heterocycles. The number of amides is 2. The minimum absolute atomic E-state index is 0.446. The van der Waals surface area contributed by atoms with Crippen LogP contribution in [0.25, 0.3) is 5.69 Å². The van der Waals surface area contributed by atoms with Crippen molar-refractivity contribution in [2.24, 2.45) is 5.92 Å². The molecule has 0 atom stereocenters. The zero-order valence-electron chi connectivity index (χ0n) is 15.7. The normalized spacial score (nSPS) is 17.0. The number of thioether (sulfide) groups is 1. The van der Waals surface area contributed by atoms with Gasteiger partial charge >= 0.3 is 11.8 Å². The number of carbonyl (C=O) groups is 2. The highest BCUT2D eigenvalue weighted by Crippen LogP contribution is 2.36. The summed E-state index contributed by atoms with van der Waals surface area (Å²) >= 11 is 1.77. The predicted molar refractivity (Wildman–Crippen MR) is 107 cm³/mol. The average Bonchev–Trinajstić information content (AvgIpc) is 3.25. The first-order valence-corrected chi connectivity index (χ1v) is 10.5. The van der Waals surface area contributed by atoms with Crippen molar-refractivity contribution in [3.8, 4) is 5.69 Å². The lowest BCUT2D eigenvalue weighted by Gasteiger charge is -2.29. The molecule has 0 bridgehead atoms. The number of fused-ring (bicyclic) bond motifs is 1. The van der Waals surface area contributed by atoms with E-state index in [1.165, 1.54) is 0 Å². The molecule has 142 valence electrons. The van der Waals surface area contributed by atoms with Gasteiger partial charge in [-0.15, -0.1) is 0 Å². The van der Waals surface area contributed by atoms with Crippen molar-refractivity contribution in [2.75, 3.05) is 18.4 Å². The van der Waals surface area contributed by atoms with Gasteiger partial charge in [0.25, 0.3) is 0 Å². The van der Waals surface area contributed by atoms with Crippen LogP contribution in [0, 0.1) is 12.8 Å². The van der Waals surface area contributed by atoms with E-state index in [9.17, 15) is 9.59 Å². The fraction of sp³-hybridized carbons (Fsp3) is 0.450. The van der Waals surface area contributed by atoms with Crippen molar-refractivity contribution in [3.63, 3.8) is 0 Å². The van der Waals surface area contributed by atoms with Crippen LogP contribution < -0.4 is 5.32 Å². The summed E-state index contributed by atoms with van der Waals surface area (Å²) in [6, 6.07) is 7.93. The molecule has 1 saturated heterocycles. The van der Waals surface area contributed by atoms with E-state index in [4.69, 9.17) is 5.10 Å². The molecule has 0 saturated carbocycles. The van der Waals surface area contributed by atoms with Crippen LogP contribution in [0.3, 0.4) is 0 Å². The van der Waals surface area contributed by atoms with Gasteiger partial charge in [0.2, 0.25) is 0 Å². The minimum atomic E-state index is -0.570. The molecule has 7 heteroatoms. The molecule has 2 aromatic rings. The molecule has 2 aliphatic rings. The Morgan fingerprint density at radius 3 is 2.67 bits per heavy atom. The number of hydrogen-bond donors (Lipinski definition) is 1. The summed E-state index contributed by atoms with van der Waals surface area (Å²) in [6.07, 6.45) is 1.90. The Bertz CT molecular complexity index is 884. The van der Waals surface area contributed by atoms with E-state index in [0.29, 0.717) is 24.8 Å². The van der Waals surface area contributed by atoms with E-state index in [0.717, 1.165) is 46.9 Å². The molecule has 1 fully saturated rings. The monoisotopic (exact) mass is 384 g/mol. The Balaban J connectivity index is 1.61. The van der Waals surface area contributed by atoms with Crippen LogP contribution in [0.2, 0.25) is 0 Å². The molecule has 27 heavy (non-hydrogen) atoms. The van der Waals surface area contributed by atoms with Gasteiger partial charge in [-0.25, -0.2) is 4.68 Å². The maximum atomic E-state index is 12.7. The lowest BCUT2D eigenvalue weighted by atomic mass is 9.99. The molecule has 0 radical (unpaired) electrons. The highest BCUT2D eigenvalue weighted by Gasteiger charge is 2.30. The van der Waals surface area contributed by atoms with Crippen LogP contribution in [0.15, 0.2) is 24.3 Å². The van der Waals surface area contributed by atoms with Crippen LogP contribution >= 0.6 is 11.8 Å². The Hall–Kier alpha value is -2.28. The summed E-state index contributed by atoms with van der Waals surface area (Å²) in [6.45, 7) is 5.50. The zero-order chi connectivity index (χ0) is 19.0. The maximum absolute atomic E-state index is 12.7. The molecule has 1 aromatic carbocycles. The lowest BCUT2D eigenvalue weighted by molar-refractivity contribution is -0.144. The van der Waals surface area contributed by atoms with Crippen molar-refractivity contribution in [1.29, 1.82) is 0 Å². The molecular weight excluding hydrogens is 360 g/mol. The minimum Gasteiger partial charge on any atom is -0.334 e. The third-order valence-corrected chi connectivity index (χ3v) is 6.36. The van der Waals surface area contributed by atoms with Gasteiger partial charge in [0.15, 0.2) is 0 Å². The number of benzene rings is 1.